The maximum absolute atomic E-state index is 14.2. The molecule has 0 fully saturated rings. The van der Waals surface area contributed by atoms with Crippen LogP contribution in [-0.4, -0.2) is 29.1 Å². The van der Waals surface area contributed by atoms with E-state index in [-0.39, 0.29) is 11.3 Å². The van der Waals surface area contributed by atoms with Crippen LogP contribution in [0.5, 0.6) is 5.75 Å². The highest BCUT2D eigenvalue weighted by atomic mass is 32.1. The summed E-state index contributed by atoms with van der Waals surface area (Å²) in [6, 6.07) is 12.9. The molecule has 152 valence electrons. The molecule has 2 N–H and O–H groups in total. The predicted molar refractivity (Wildman–Crippen MR) is 108 cm³/mol. The van der Waals surface area contributed by atoms with Crippen LogP contribution >= 0.6 is 11.3 Å². The van der Waals surface area contributed by atoms with Crippen LogP contribution in [0.3, 0.4) is 0 Å². The molecule has 0 aliphatic heterocycles. The van der Waals surface area contributed by atoms with E-state index >= 15 is 0 Å². The quantitative estimate of drug-likeness (QED) is 0.596. The average Bonchev–Trinajstić information content (AvgIpc) is 3.22. The number of carbonyl (C=O) groups is 2. The number of rotatable bonds is 7. The topological polar surface area (TPSA) is 112 Å². The first kappa shape index (κ1) is 21.0. The molecule has 0 bridgehead atoms. The first-order chi connectivity index (χ1) is 14.4. The van der Waals surface area contributed by atoms with Gasteiger partial charge in [0.1, 0.15) is 33.9 Å². The number of benzene rings is 1. The number of carboxylic acids is 1. The Morgan fingerprint density at radius 1 is 1.27 bits per heavy atom. The lowest BCUT2D eigenvalue weighted by Gasteiger charge is -2.18. The third-order valence-corrected chi connectivity index (χ3v) is 5.22. The van der Waals surface area contributed by atoms with Crippen LogP contribution in [0.1, 0.15) is 33.4 Å². The van der Waals surface area contributed by atoms with Crippen molar-refractivity contribution in [3.8, 4) is 22.4 Å². The van der Waals surface area contributed by atoms with E-state index < -0.39 is 30.2 Å². The fourth-order valence-electron chi connectivity index (χ4n) is 2.84. The Balaban J connectivity index is 1.93. The number of ether oxygens (including phenoxy) is 1. The fourth-order valence-corrected chi connectivity index (χ4v) is 3.64. The number of nitrogens with zero attached hydrogens (tertiary/aromatic N) is 2. The van der Waals surface area contributed by atoms with Gasteiger partial charge in [0.2, 0.25) is 0 Å². The molecule has 1 unspecified atom stereocenters. The molecular formula is C21H16FN3O4S. The highest BCUT2D eigenvalue weighted by molar-refractivity contribution is 7.16. The van der Waals surface area contributed by atoms with Gasteiger partial charge in [-0.25, -0.2) is 9.37 Å². The number of carbonyl (C=O) groups excluding carboxylic acids is 1. The van der Waals surface area contributed by atoms with E-state index in [9.17, 15) is 19.1 Å². The largest absolute Gasteiger partial charge is 0.494 e. The number of nitrogens with one attached hydrogen (secondary N) is 1. The monoisotopic (exact) mass is 425 g/mol. The fraction of sp³-hybridized carbons (Fsp3) is 0.143. The number of methoxy groups -OCH3 is 1. The van der Waals surface area contributed by atoms with Gasteiger partial charge in [-0.05, 0) is 30.3 Å². The van der Waals surface area contributed by atoms with E-state index in [1.165, 1.54) is 42.7 Å². The zero-order chi connectivity index (χ0) is 21.7. The number of thiophene rings is 1. The first-order valence-corrected chi connectivity index (χ1v) is 9.57. The summed E-state index contributed by atoms with van der Waals surface area (Å²) in [5, 5.41) is 20.8. The normalized spacial score (nSPS) is 11.4. The molecule has 2 aromatic heterocycles. The molecule has 9 heteroatoms. The van der Waals surface area contributed by atoms with Gasteiger partial charge in [0.15, 0.2) is 0 Å². The van der Waals surface area contributed by atoms with Crippen LogP contribution < -0.4 is 10.1 Å². The van der Waals surface area contributed by atoms with Crippen LogP contribution in [0.25, 0.3) is 10.6 Å². The molecule has 3 aromatic rings. The van der Waals surface area contributed by atoms with Crippen molar-refractivity contribution in [3.05, 3.63) is 70.5 Å². The highest BCUT2D eigenvalue weighted by Gasteiger charge is 2.23. The summed E-state index contributed by atoms with van der Waals surface area (Å²) in [7, 11) is 1.46. The Bertz CT molecular complexity index is 1140. The second-order valence-electron chi connectivity index (χ2n) is 6.17. The molecule has 1 amide bonds. The lowest BCUT2D eigenvalue weighted by Crippen LogP contribution is -2.31. The molecule has 0 spiro atoms. The number of hydrogen-bond donors (Lipinski definition) is 2. The zero-order valence-electron chi connectivity index (χ0n) is 15.8. The van der Waals surface area contributed by atoms with Crippen molar-refractivity contribution in [1.82, 2.24) is 10.3 Å². The molecule has 0 saturated carbocycles. The first-order valence-electron chi connectivity index (χ1n) is 8.75. The number of hydrogen-bond acceptors (Lipinski definition) is 6. The second kappa shape index (κ2) is 9.15. The number of carboxylic acid groups (broad SMARTS) is 1. The third-order valence-electron chi connectivity index (χ3n) is 4.23. The molecule has 1 aromatic carbocycles. The van der Waals surface area contributed by atoms with Crippen LogP contribution in [0.2, 0.25) is 0 Å². The van der Waals surface area contributed by atoms with E-state index in [0.717, 1.165) is 0 Å². The number of aliphatic carboxylic acids is 1. The maximum atomic E-state index is 14.2. The number of halogens is 1. The van der Waals surface area contributed by atoms with Gasteiger partial charge in [-0.2, -0.15) is 5.26 Å². The van der Waals surface area contributed by atoms with E-state index in [4.69, 9.17) is 10.00 Å². The minimum Gasteiger partial charge on any atom is -0.494 e. The van der Waals surface area contributed by atoms with Gasteiger partial charge in [0.25, 0.3) is 5.91 Å². The maximum Gasteiger partial charge on any atom is 0.305 e. The minimum atomic E-state index is -1.19. The summed E-state index contributed by atoms with van der Waals surface area (Å²) in [5.41, 5.74) is 0.445. The Labute approximate surface area is 175 Å². The SMILES string of the molecule is COc1ccc(C(=O)NC(CC(=O)O)c2ccccc2F)nc1-c1ccc(C#N)s1. The summed E-state index contributed by atoms with van der Waals surface area (Å²) in [4.78, 5) is 29.5. The van der Waals surface area contributed by atoms with Crippen LogP contribution in [0.15, 0.2) is 48.5 Å². The standard InChI is InChI=1S/C21H16FN3O4S/c1-29-17-8-7-15(24-20(17)18-9-6-12(11-23)30-18)21(28)25-16(10-19(26)27)13-4-2-3-5-14(13)22/h2-9,16H,10H2,1H3,(H,25,28)(H,26,27). The van der Waals surface area contributed by atoms with E-state index in [1.54, 1.807) is 24.3 Å². The van der Waals surface area contributed by atoms with Gasteiger partial charge in [-0.15, -0.1) is 11.3 Å². The van der Waals surface area contributed by atoms with Crippen molar-refractivity contribution in [2.75, 3.05) is 7.11 Å². The zero-order valence-corrected chi connectivity index (χ0v) is 16.6. The summed E-state index contributed by atoms with van der Waals surface area (Å²) in [6.07, 6.45) is -0.494. The molecule has 2 heterocycles. The number of pyridine rings is 1. The van der Waals surface area contributed by atoms with E-state index in [2.05, 4.69) is 10.3 Å². The van der Waals surface area contributed by atoms with Crippen molar-refractivity contribution in [2.45, 2.75) is 12.5 Å². The van der Waals surface area contributed by atoms with E-state index in [0.29, 0.717) is 21.2 Å². The van der Waals surface area contributed by atoms with Gasteiger partial charge in [-0.1, -0.05) is 18.2 Å². The van der Waals surface area contributed by atoms with Crippen molar-refractivity contribution in [1.29, 1.82) is 5.26 Å². The molecule has 0 radical (unpaired) electrons. The summed E-state index contributed by atoms with van der Waals surface area (Å²) < 4.78 is 19.5. The lowest BCUT2D eigenvalue weighted by molar-refractivity contribution is -0.137. The molecule has 0 aliphatic carbocycles. The molecule has 0 saturated heterocycles. The lowest BCUT2D eigenvalue weighted by atomic mass is 10.0. The van der Waals surface area contributed by atoms with Gasteiger partial charge in [0, 0.05) is 5.56 Å². The number of nitriles is 1. The van der Waals surface area contributed by atoms with Gasteiger partial charge >= 0.3 is 5.97 Å². The van der Waals surface area contributed by atoms with Crippen molar-refractivity contribution in [3.63, 3.8) is 0 Å². The molecule has 1 atom stereocenters. The minimum absolute atomic E-state index is 0.00411. The Morgan fingerprint density at radius 2 is 2.03 bits per heavy atom. The van der Waals surface area contributed by atoms with E-state index in [1.807, 2.05) is 6.07 Å². The Morgan fingerprint density at radius 3 is 2.67 bits per heavy atom. The number of amides is 1. The van der Waals surface area contributed by atoms with Crippen molar-refractivity contribution < 1.29 is 23.8 Å². The molecule has 7 nitrogen and oxygen atoms in total. The van der Waals surface area contributed by atoms with Crippen LogP contribution in [0.4, 0.5) is 4.39 Å². The highest BCUT2D eigenvalue weighted by Crippen LogP contribution is 2.33. The van der Waals surface area contributed by atoms with Gasteiger partial charge < -0.3 is 15.2 Å². The molecule has 0 aliphatic rings. The van der Waals surface area contributed by atoms with Crippen LogP contribution in [0, 0.1) is 17.1 Å². The predicted octanol–water partition coefficient (Wildman–Crippen LogP) is 3.78. The average molecular weight is 425 g/mol. The smallest absolute Gasteiger partial charge is 0.305 e. The van der Waals surface area contributed by atoms with Gasteiger partial charge in [-0.3, -0.25) is 9.59 Å². The Hall–Kier alpha value is -3.77. The molecule has 30 heavy (non-hydrogen) atoms. The van der Waals surface area contributed by atoms with Crippen LogP contribution in [-0.2, 0) is 4.79 Å². The van der Waals surface area contributed by atoms with Gasteiger partial charge in [0.05, 0.1) is 24.4 Å². The third kappa shape index (κ3) is 4.61. The molecule has 3 rings (SSSR count). The van der Waals surface area contributed by atoms with Crippen molar-refractivity contribution in [2.24, 2.45) is 0 Å². The second-order valence-corrected chi connectivity index (χ2v) is 7.25. The number of aromatic nitrogens is 1. The Kier molecular flexibility index (Phi) is 6.39. The molecular weight excluding hydrogens is 409 g/mol. The van der Waals surface area contributed by atoms with Crippen molar-refractivity contribution >= 4 is 23.2 Å². The summed E-state index contributed by atoms with van der Waals surface area (Å²) in [5.74, 6) is -2.05. The summed E-state index contributed by atoms with van der Waals surface area (Å²) >= 11 is 1.19. The summed E-state index contributed by atoms with van der Waals surface area (Å²) in [6.45, 7) is 0.